The first-order chi connectivity index (χ1) is 10.0. The van der Waals surface area contributed by atoms with Crippen molar-refractivity contribution in [2.45, 2.75) is 13.0 Å². The molecule has 2 heterocycles. The fourth-order valence-corrected chi connectivity index (χ4v) is 2.67. The number of rotatable bonds is 2. The van der Waals surface area contributed by atoms with Gasteiger partial charge in [0.25, 0.3) is 0 Å². The first kappa shape index (κ1) is 14.3. The van der Waals surface area contributed by atoms with E-state index in [1.165, 1.54) is 0 Å². The summed E-state index contributed by atoms with van der Waals surface area (Å²) in [5.74, 6) is -0.179. The van der Waals surface area contributed by atoms with Crippen LogP contribution in [0, 0.1) is 5.41 Å². The molecule has 1 aliphatic heterocycles. The number of nitrogens with one attached hydrogen (secondary N) is 1. The van der Waals surface area contributed by atoms with Crippen LogP contribution in [0.3, 0.4) is 0 Å². The Bertz CT molecular complexity index is 706. The molecule has 0 radical (unpaired) electrons. The van der Waals surface area contributed by atoms with Crippen molar-refractivity contribution in [3.05, 3.63) is 35.5 Å². The fraction of sp³-hybridized carbons (Fsp3) is 0.333. The lowest BCUT2D eigenvalue weighted by Gasteiger charge is -2.25. The van der Waals surface area contributed by atoms with Crippen LogP contribution in [-0.4, -0.2) is 30.1 Å². The van der Waals surface area contributed by atoms with E-state index in [1.54, 1.807) is 19.2 Å². The first-order valence-electron chi connectivity index (χ1n) is 6.70. The van der Waals surface area contributed by atoms with Gasteiger partial charge in [-0.05, 0) is 25.1 Å². The third-order valence-electron chi connectivity index (χ3n) is 3.95. The van der Waals surface area contributed by atoms with E-state index in [0.29, 0.717) is 29.4 Å². The number of nitrogens with zero attached hydrogens (tertiary/aromatic N) is 1. The highest BCUT2D eigenvalue weighted by Crippen LogP contribution is 2.31. The number of hydrogen-bond acceptors (Lipinski definition) is 4. The topological polar surface area (TPSA) is 77.2 Å². The fourth-order valence-electron chi connectivity index (χ4n) is 2.44. The summed E-state index contributed by atoms with van der Waals surface area (Å²) in [6.45, 7) is 2.50. The van der Waals surface area contributed by atoms with Crippen LogP contribution < -0.4 is 11.1 Å². The quantitative estimate of drug-likeness (QED) is 0.891. The van der Waals surface area contributed by atoms with Gasteiger partial charge in [0.05, 0.1) is 29.8 Å². The van der Waals surface area contributed by atoms with Crippen molar-refractivity contribution < 1.29 is 9.53 Å². The van der Waals surface area contributed by atoms with E-state index in [0.717, 1.165) is 5.39 Å². The summed E-state index contributed by atoms with van der Waals surface area (Å²) in [5.41, 5.74) is 6.52. The standard InChI is InChI=1S/C15H16ClN3O2/c1-15(8-21-7-12(15)17)14(20)19-11-6-10(16)5-9-3-2-4-18-13(9)11/h2-6,12H,7-8,17H2,1H3,(H,19,20). The molecule has 2 aromatic rings. The van der Waals surface area contributed by atoms with Gasteiger partial charge >= 0.3 is 0 Å². The predicted molar refractivity (Wildman–Crippen MR) is 82.3 cm³/mol. The molecule has 1 amide bonds. The normalized spacial score (nSPS) is 25.2. The van der Waals surface area contributed by atoms with Crippen LogP contribution in [0.2, 0.25) is 5.02 Å². The number of hydrogen-bond donors (Lipinski definition) is 2. The largest absolute Gasteiger partial charge is 0.379 e. The lowest BCUT2D eigenvalue weighted by molar-refractivity contribution is -0.125. The van der Waals surface area contributed by atoms with Gasteiger partial charge < -0.3 is 15.8 Å². The van der Waals surface area contributed by atoms with E-state index in [9.17, 15) is 4.79 Å². The van der Waals surface area contributed by atoms with E-state index >= 15 is 0 Å². The Morgan fingerprint density at radius 3 is 3.10 bits per heavy atom. The van der Waals surface area contributed by atoms with E-state index in [1.807, 2.05) is 18.2 Å². The molecule has 21 heavy (non-hydrogen) atoms. The van der Waals surface area contributed by atoms with Gasteiger partial charge in [0.2, 0.25) is 5.91 Å². The molecule has 2 unspecified atom stereocenters. The number of benzene rings is 1. The van der Waals surface area contributed by atoms with Gasteiger partial charge in [0, 0.05) is 22.6 Å². The van der Waals surface area contributed by atoms with Crippen LogP contribution >= 0.6 is 11.6 Å². The first-order valence-corrected chi connectivity index (χ1v) is 7.07. The average molecular weight is 306 g/mol. The monoisotopic (exact) mass is 305 g/mol. The zero-order valence-corrected chi connectivity index (χ0v) is 12.4. The molecule has 0 aliphatic carbocycles. The van der Waals surface area contributed by atoms with Gasteiger partial charge in [-0.2, -0.15) is 0 Å². The minimum Gasteiger partial charge on any atom is -0.379 e. The molecule has 1 aromatic carbocycles. The predicted octanol–water partition coefficient (Wildman–Crippen LogP) is 2.19. The Hall–Kier alpha value is -1.69. The van der Waals surface area contributed by atoms with Crippen molar-refractivity contribution in [1.82, 2.24) is 4.98 Å². The van der Waals surface area contributed by atoms with Gasteiger partial charge in [-0.3, -0.25) is 9.78 Å². The Morgan fingerprint density at radius 1 is 1.57 bits per heavy atom. The van der Waals surface area contributed by atoms with Crippen molar-refractivity contribution in [2.24, 2.45) is 11.1 Å². The second kappa shape index (κ2) is 5.26. The lowest BCUT2D eigenvalue weighted by atomic mass is 9.85. The SMILES string of the molecule is CC1(C(=O)Nc2cc(Cl)cc3cccnc23)COCC1N. The summed E-state index contributed by atoms with van der Waals surface area (Å²) in [5, 5.41) is 4.31. The highest BCUT2D eigenvalue weighted by atomic mass is 35.5. The molecule has 6 heteroatoms. The molecule has 0 spiro atoms. The maximum atomic E-state index is 12.6. The molecular weight excluding hydrogens is 290 g/mol. The molecule has 3 rings (SSSR count). The highest BCUT2D eigenvalue weighted by molar-refractivity contribution is 6.32. The van der Waals surface area contributed by atoms with Crippen LogP contribution in [0.1, 0.15) is 6.92 Å². The summed E-state index contributed by atoms with van der Waals surface area (Å²) in [4.78, 5) is 16.9. The molecule has 1 aromatic heterocycles. The smallest absolute Gasteiger partial charge is 0.234 e. The lowest BCUT2D eigenvalue weighted by Crippen LogP contribution is -2.47. The summed E-state index contributed by atoms with van der Waals surface area (Å²) < 4.78 is 5.31. The van der Waals surface area contributed by atoms with Crippen LogP contribution in [0.25, 0.3) is 10.9 Å². The van der Waals surface area contributed by atoms with Gasteiger partial charge in [-0.25, -0.2) is 0 Å². The zero-order valence-electron chi connectivity index (χ0n) is 11.6. The van der Waals surface area contributed by atoms with E-state index < -0.39 is 5.41 Å². The number of anilines is 1. The van der Waals surface area contributed by atoms with Crippen molar-refractivity contribution in [3.63, 3.8) is 0 Å². The minimum absolute atomic E-state index is 0.179. The number of pyridine rings is 1. The Morgan fingerprint density at radius 2 is 2.38 bits per heavy atom. The minimum atomic E-state index is -0.747. The zero-order chi connectivity index (χ0) is 15.0. The number of fused-ring (bicyclic) bond motifs is 1. The molecule has 110 valence electrons. The molecule has 1 aliphatic rings. The molecule has 5 nitrogen and oxygen atoms in total. The average Bonchev–Trinajstić information content (AvgIpc) is 2.80. The maximum Gasteiger partial charge on any atom is 0.234 e. The molecular formula is C15H16ClN3O2. The number of amides is 1. The Kier molecular flexibility index (Phi) is 3.57. The van der Waals surface area contributed by atoms with Crippen molar-refractivity contribution in [2.75, 3.05) is 18.5 Å². The van der Waals surface area contributed by atoms with Crippen molar-refractivity contribution >= 4 is 34.1 Å². The number of ether oxygens (including phenoxy) is 1. The number of nitrogens with two attached hydrogens (primary N) is 1. The molecule has 2 atom stereocenters. The number of aromatic nitrogens is 1. The third kappa shape index (κ3) is 2.48. The second-order valence-electron chi connectivity index (χ2n) is 5.52. The molecule has 0 saturated carbocycles. The van der Waals surface area contributed by atoms with Crippen molar-refractivity contribution in [1.29, 1.82) is 0 Å². The third-order valence-corrected chi connectivity index (χ3v) is 4.17. The van der Waals surface area contributed by atoms with Gasteiger partial charge in [-0.1, -0.05) is 17.7 Å². The highest BCUT2D eigenvalue weighted by Gasteiger charge is 2.44. The molecule has 1 saturated heterocycles. The summed E-state index contributed by atoms with van der Waals surface area (Å²) >= 11 is 6.10. The summed E-state index contributed by atoms with van der Waals surface area (Å²) in [6, 6.07) is 6.91. The molecule has 3 N–H and O–H groups in total. The van der Waals surface area contributed by atoms with Crippen LogP contribution in [0.5, 0.6) is 0 Å². The van der Waals surface area contributed by atoms with Gasteiger partial charge in [-0.15, -0.1) is 0 Å². The second-order valence-corrected chi connectivity index (χ2v) is 5.96. The van der Waals surface area contributed by atoms with Gasteiger partial charge in [0.1, 0.15) is 0 Å². The van der Waals surface area contributed by atoms with Gasteiger partial charge in [0.15, 0.2) is 0 Å². The molecule has 0 bridgehead atoms. The number of carbonyl (C=O) groups is 1. The van der Waals surface area contributed by atoms with E-state index in [-0.39, 0.29) is 11.9 Å². The summed E-state index contributed by atoms with van der Waals surface area (Å²) in [6.07, 6.45) is 1.68. The number of halogens is 1. The summed E-state index contributed by atoms with van der Waals surface area (Å²) in [7, 11) is 0. The van der Waals surface area contributed by atoms with Crippen LogP contribution in [0.4, 0.5) is 5.69 Å². The number of carbonyl (C=O) groups excluding carboxylic acids is 1. The Labute approximate surface area is 127 Å². The van der Waals surface area contributed by atoms with Crippen molar-refractivity contribution in [3.8, 4) is 0 Å². The van der Waals surface area contributed by atoms with E-state index in [4.69, 9.17) is 22.1 Å². The van der Waals surface area contributed by atoms with Crippen LogP contribution in [-0.2, 0) is 9.53 Å². The van der Waals surface area contributed by atoms with Crippen LogP contribution in [0.15, 0.2) is 30.5 Å². The Balaban J connectivity index is 1.97. The maximum absolute atomic E-state index is 12.6. The molecule has 1 fully saturated rings. The van der Waals surface area contributed by atoms with E-state index in [2.05, 4.69) is 10.3 Å².